The van der Waals surface area contributed by atoms with Crippen LogP contribution in [0, 0.1) is 0 Å². The Bertz CT molecular complexity index is 1890. The molecule has 0 bridgehead atoms. The van der Waals surface area contributed by atoms with Crippen molar-refractivity contribution in [1.82, 2.24) is 24.7 Å². The molecule has 0 aliphatic heterocycles. The predicted molar refractivity (Wildman–Crippen MR) is 159 cm³/mol. The number of aromatic amines is 1. The third-order valence-corrected chi connectivity index (χ3v) is 7.53. The molecule has 3 aromatic heterocycles. The van der Waals surface area contributed by atoms with Gasteiger partial charge in [0.05, 0.1) is 29.4 Å². The second-order valence-corrected chi connectivity index (χ2v) is 9.76. The Kier molecular flexibility index (Phi) is 5.90. The largest absolute Gasteiger partial charge is 0.463 e. The van der Waals surface area contributed by atoms with Gasteiger partial charge in [-0.25, -0.2) is 14.8 Å². The van der Waals surface area contributed by atoms with E-state index in [4.69, 9.17) is 4.74 Å². The highest BCUT2D eigenvalue weighted by molar-refractivity contribution is 6.02. The molecule has 0 aliphatic rings. The maximum Gasteiger partial charge on any atom is 0.376 e. The smallest absolute Gasteiger partial charge is 0.376 e. The van der Waals surface area contributed by atoms with Crippen LogP contribution in [0.1, 0.15) is 27.3 Å². The van der Waals surface area contributed by atoms with Crippen LogP contribution < -0.4 is 0 Å². The number of nitrogens with one attached hydrogen (secondary N) is 1. The van der Waals surface area contributed by atoms with Crippen LogP contribution in [0.4, 0.5) is 0 Å². The first-order valence-electron chi connectivity index (χ1n) is 13.3. The van der Waals surface area contributed by atoms with E-state index in [1.807, 2.05) is 42.5 Å². The third kappa shape index (κ3) is 3.90. The number of hydrogen-bond acceptors (Lipinski definition) is 5. The van der Waals surface area contributed by atoms with E-state index in [1.54, 1.807) is 12.4 Å². The van der Waals surface area contributed by atoms with Gasteiger partial charge in [-0.2, -0.15) is 0 Å². The highest BCUT2D eigenvalue weighted by Gasteiger charge is 2.40. The summed E-state index contributed by atoms with van der Waals surface area (Å²) in [7, 11) is 1.33. The number of pyridine rings is 1. The van der Waals surface area contributed by atoms with E-state index in [-0.39, 0.29) is 5.82 Å². The van der Waals surface area contributed by atoms with Crippen molar-refractivity contribution in [2.24, 2.45) is 0 Å². The standard InChI is InChI=1S/C34H25N5O2/c1-41-33(40)32-36-28-21-27-30(22-29(28)37-32)39(38-31(27)23-17-19-35-20-18-23)34(24-11-5-2-6-12-24,25-13-7-3-8-14-25)26-15-9-4-10-16-26/h2-22,38H,1H3. The van der Waals surface area contributed by atoms with Crippen molar-refractivity contribution in [3.63, 3.8) is 0 Å². The van der Waals surface area contributed by atoms with Crippen molar-refractivity contribution >= 4 is 27.9 Å². The van der Waals surface area contributed by atoms with Crippen LogP contribution >= 0.6 is 0 Å². The van der Waals surface area contributed by atoms with E-state index in [1.165, 1.54) is 7.11 Å². The molecule has 7 aromatic rings. The molecular formula is C34H25N5O2. The normalized spacial score (nSPS) is 11.6. The lowest BCUT2D eigenvalue weighted by Gasteiger charge is -2.37. The maximum atomic E-state index is 12.3. The van der Waals surface area contributed by atoms with E-state index in [2.05, 4.69) is 97.5 Å². The van der Waals surface area contributed by atoms with E-state index < -0.39 is 11.5 Å². The van der Waals surface area contributed by atoms with Gasteiger partial charge in [0, 0.05) is 23.3 Å². The van der Waals surface area contributed by atoms with E-state index in [9.17, 15) is 4.79 Å². The Morgan fingerprint density at radius 1 is 0.732 bits per heavy atom. The first-order chi connectivity index (χ1) is 20.2. The van der Waals surface area contributed by atoms with Gasteiger partial charge >= 0.3 is 5.97 Å². The Morgan fingerprint density at radius 3 is 1.76 bits per heavy atom. The predicted octanol–water partition coefficient (Wildman–Crippen LogP) is 6.60. The Labute approximate surface area is 236 Å². The summed E-state index contributed by atoms with van der Waals surface area (Å²) in [4.78, 5) is 25.6. The molecule has 3 heterocycles. The molecule has 0 aliphatic carbocycles. The Hall–Kier alpha value is -5.56. The van der Waals surface area contributed by atoms with Crippen LogP contribution in [-0.4, -0.2) is 37.8 Å². The summed E-state index contributed by atoms with van der Waals surface area (Å²) >= 11 is 0. The zero-order chi connectivity index (χ0) is 27.8. The van der Waals surface area contributed by atoms with Gasteiger partial charge in [-0.3, -0.25) is 14.8 Å². The van der Waals surface area contributed by atoms with Crippen LogP contribution in [0.2, 0.25) is 0 Å². The number of carbonyl (C=O) groups excluding carboxylic acids is 1. The monoisotopic (exact) mass is 535 g/mol. The lowest BCUT2D eigenvalue weighted by atomic mass is 9.77. The van der Waals surface area contributed by atoms with Gasteiger partial charge in [0.1, 0.15) is 5.54 Å². The van der Waals surface area contributed by atoms with Crippen molar-refractivity contribution in [3.8, 4) is 11.3 Å². The van der Waals surface area contributed by atoms with Gasteiger partial charge in [0.15, 0.2) is 0 Å². The summed E-state index contributed by atoms with van der Waals surface area (Å²) in [6.45, 7) is 0. The fraction of sp³-hybridized carbons (Fsp3) is 0.0588. The molecule has 0 unspecified atom stereocenters. The number of H-pyrrole nitrogens is 1. The number of benzene rings is 4. The number of nitrogens with zero attached hydrogens (tertiary/aromatic N) is 4. The molecule has 4 aromatic carbocycles. The van der Waals surface area contributed by atoms with Gasteiger partial charge < -0.3 is 4.74 Å². The Balaban J connectivity index is 1.66. The molecule has 198 valence electrons. The van der Waals surface area contributed by atoms with Crippen molar-refractivity contribution in [2.75, 3.05) is 7.11 Å². The number of rotatable bonds is 6. The highest BCUT2D eigenvalue weighted by atomic mass is 16.5. The topological polar surface area (TPSA) is 85.7 Å². The van der Waals surface area contributed by atoms with Crippen molar-refractivity contribution in [1.29, 1.82) is 0 Å². The van der Waals surface area contributed by atoms with Gasteiger partial charge in [0.25, 0.3) is 0 Å². The molecule has 0 radical (unpaired) electrons. The molecule has 0 fully saturated rings. The second-order valence-electron chi connectivity index (χ2n) is 9.76. The summed E-state index contributed by atoms with van der Waals surface area (Å²) in [5.41, 5.74) is 6.45. The third-order valence-electron chi connectivity index (χ3n) is 7.53. The quantitative estimate of drug-likeness (QED) is 0.192. The zero-order valence-electron chi connectivity index (χ0n) is 22.2. The van der Waals surface area contributed by atoms with Crippen LogP contribution in [-0.2, 0) is 10.3 Å². The van der Waals surface area contributed by atoms with Crippen LogP contribution in [0.25, 0.3) is 33.2 Å². The van der Waals surface area contributed by atoms with Crippen molar-refractivity contribution in [2.45, 2.75) is 5.54 Å². The first-order valence-corrected chi connectivity index (χ1v) is 13.3. The van der Waals surface area contributed by atoms with Crippen LogP contribution in [0.15, 0.2) is 128 Å². The lowest BCUT2D eigenvalue weighted by molar-refractivity contribution is 0.0588. The van der Waals surface area contributed by atoms with E-state index >= 15 is 0 Å². The number of hydrogen-bond donors (Lipinski definition) is 1. The minimum Gasteiger partial charge on any atom is -0.463 e. The van der Waals surface area contributed by atoms with Crippen molar-refractivity contribution in [3.05, 3.63) is 150 Å². The fourth-order valence-corrected chi connectivity index (χ4v) is 5.73. The van der Waals surface area contributed by atoms with Crippen LogP contribution in [0.5, 0.6) is 0 Å². The number of fused-ring (bicyclic) bond motifs is 2. The number of ether oxygens (including phenoxy) is 1. The molecule has 0 atom stereocenters. The van der Waals surface area contributed by atoms with Crippen molar-refractivity contribution < 1.29 is 9.53 Å². The average Bonchev–Trinajstić information content (AvgIpc) is 3.63. The average molecular weight is 536 g/mol. The van der Waals surface area contributed by atoms with Gasteiger partial charge in [-0.05, 0) is 41.0 Å². The number of aromatic nitrogens is 5. The molecule has 0 amide bonds. The molecule has 0 saturated heterocycles. The second kappa shape index (κ2) is 9.88. The molecular weight excluding hydrogens is 510 g/mol. The molecule has 0 spiro atoms. The summed E-state index contributed by atoms with van der Waals surface area (Å²) in [6, 6.07) is 39.3. The van der Waals surface area contributed by atoms with Gasteiger partial charge in [-0.15, -0.1) is 0 Å². The highest BCUT2D eigenvalue weighted by Crippen LogP contribution is 2.44. The molecule has 41 heavy (non-hydrogen) atoms. The number of esters is 1. The van der Waals surface area contributed by atoms with Gasteiger partial charge in [0.2, 0.25) is 5.82 Å². The lowest BCUT2D eigenvalue weighted by Crippen LogP contribution is -2.38. The molecule has 1 N–H and O–H groups in total. The van der Waals surface area contributed by atoms with E-state index in [0.717, 1.165) is 38.9 Å². The minimum absolute atomic E-state index is 0.0385. The van der Waals surface area contributed by atoms with E-state index in [0.29, 0.717) is 11.0 Å². The summed E-state index contributed by atoms with van der Waals surface area (Å²) in [6.07, 6.45) is 3.56. The molecule has 7 rings (SSSR count). The SMILES string of the molecule is COC(=O)c1nc2cc3c(-c4ccncc4)[nH]n(C(c4ccccc4)(c4ccccc4)c4ccccc4)c3cc2n1. The molecule has 7 heteroatoms. The van der Waals surface area contributed by atoms with Crippen LogP contribution in [0.3, 0.4) is 0 Å². The zero-order valence-corrected chi connectivity index (χ0v) is 22.2. The Morgan fingerprint density at radius 2 is 1.24 bits per heavy atom. The number of carbonyl (C=O) groups is 1. The number of methoxy groups -OCH3 is 1. The molecule has 0 saturated carbocycles. The fourth-order valence-electron chi connectivity index (χ4n) is 5.73. The summed E-state index contributed by atoms with van der Waals surface area (Å²) in [5, 5.41) is 4.73. The number of imidazole rings is 1. The minimum atomic E-state index is -0.786. The first kappa shape index (κ1) is 24.5. The summed E-state index contributed by atoms with van der Waals surface area (Å²) < 4.78 is 7.12. The maximum absolute atomic E-state index is 12.3. The molecule has 7 nitrogen and oxygen atoms in total. The summed E-state index contributed by atoms with van der Waals surface area (Å²) in [5.74, 6) is -0.529. The van der Waals surface area contributed by atoms with Gasteiger partial charge in [-0.1, -0.05) is 91.0 Å².